The molecule has 0 atom stereocenters. The van der Waals surface area contributed by atoms with Crippen molar-refractivity contribution in [1.82, 2.24) is 14.9 Å². The smallest absolute Gasteiger partial charge is 0.321 e. The maximum Gasteiger partial charge on any atom is 0.321 e. The SMILES string of the molecule is CCCOc1cc(N2CCN(C(=O)Nc3ccc(F)cc3)CC2)nc(C)n1. The zero-order valence-electron chi connectivity index (χ0n) is 15.6. The van der Waals surface area contributed by atoms with Crippen LogP contribution in [0.1, 0.15) is 19.2 Å². The van der Waals surface area contributed by atoms with E-state index in [2.05, 4.69) is 20.2 Å². The van der Waals surface area contributed by atoms with Crippen molar-refractivity contribution in [2.45, 2.75) is 20.3 Å². The van der Waals surface area contributed by atoms with E-state index < -0.39 is 0 Å². The molecule has 144 valence electrons. The first-order valence-corrected chi connectivity index (χ1v) is 9.10. The Bertz CT molecular complexity index is 776. The molecule has 0 aliphatic carbocycles. The van der Waals surface area contributed by atoms with Gasteiger partial charge in [-0.2, -0.15) is 4.98 Å². The van der Waals surface area contributed by atoms with Crippen molar-refractivity contribution in [2.24, 2.45) is 0 Å². The summed E-state index contributed by atoms with van der Waals surface area (Å²) in [6.07, 6.45) is 0.917. The number of amides is 2. The second-order valence-electron chi connectivity index (χ2n) is 6.37. The number of ether oxygens (including phenoxy) is 1. The van der Waals surface area contributed by atoms with Gasteiger partial charge in [0.25, 0.3) is 0 Å². The topological polar surface area (TPSA) is 70.6 Å². The van der Waals surface area contributed by atoms with Gasteiger partial charge >= 0.3 is 6.03 Å². The first-order valence-electron chi connectivity index (χ1n) is 9.10. The minimum Gasteiger partial charge on any atom is -0.478 e. The quantitative estimate of drug-likeness (QED) is 0.872. The number of carbonyl (C=O) groups is 1. The average molecular weight is 373 g/mol. The van der Waals surface area contributed by atoms with Crippen molar-refractivity contribution >= 4 is 17.5 Å². The third kappa shape index (κ3) is 5.06. The molecule has 2 heterocycles. The molecule has 0 saturated carbocycles. The Morgan fingerprint density at radius 3 is 2.56 bits per heavy atom. The summed E-state index contributed by atoms with van der Waals surface area (Å²) in [7, 11) is 0. The number of piperazine rings is 1. The van der Waals surface area contributed by atoms with Crippen molar-refractivity contribution in [3.63, 3.8) is 0 Å². The Kier molecular flexibility index (Phi) is 6.05. The number of nitrogens with zero attached hydrogens (tertiary/aromatic N) is 4. The molecule has 2 amide bonds. The summed E-state index contributed by atoms with van der Waals surface area (Å²) in [5.74, 6) is 1.72. The highest BCUT2D eigenvalue weighted by atomic mass is 19.1. The average Bonchev–Trinajstić information content (AvgIpc) is 2.68. The van der Waals surface area contributed by atoms with Crippen LogP contribution in [0.2, 0.25) is 0 Å². The Balaban J connectivity index is 1.57. The van der Waals surface area contributed by atoms with E-state index in [1.54, 1.807) is 17.0 Å². The second-order valence-corrected chi connectivity index (χ2v) is 6.37. The fourth-order valence-electron chi connectivity index (χ4n) is 2.84. The van der Waals surface area contributed by atoms with E-state index in [-0.39, 0.29) is 11.8 Å². The van der Waals surface area contributed by atoms with Gasteiger partial charge in [0.1, 0.15) is 17.5 Å². The lowest BCUT2D eigenvalue weighted by molar-refractivity contribution is 0.208. The molecule has 1 saturated heterocycles. The van der Waals surface area contributed by atoms with Crippen LogP contribution >= 0.6 is 0 Å². The summed E-state index contributed by atoms with van der Waals surface area (Å²) in [5.41, 5.74) is 0.577. The van der Waals surface area contributed by atoms with Crippen LogP contribution in [0.15, 0.2) is 30.3 Å². The zero-order valence-corrected chi connectivity index (χ0v) is 15.6. The summed E-state index contributed by atoms with van der Waals surface area (Å²) in [4.78, 5) is 25.0. The Morgan fingerprint density at radius 1 is 1.19 bits per heavy atom. The highest BCUT2D eigenvalue weighted by Gasteiger charge is 2.22. The summed E-state index contributed by atoms with van der Waals surface area (Å²) in [5, 5.41) is 2.79. The maximum atomic E-state index is 13.0. The lowest BCUT2D eigenvalue weighted by Crippen LogP contribution is -2.50. The standard InChI is InChI=1S/C19H24FN5O2/c1-3-12-27-18-13-17(21-14(2)22-18)24-8-10-25(11-9-24)19(26)23-16-6-4-15(20)5-7-16/h4-7,13H,3,8-12H2,1-2H3,(H,23,26). The molecule has 1 aliphatic heterocycles. The van der Waals surface area contributed by atoms with E-state index in [4.69, 9.17) is 4.74 Å². The van der Waals surface area contributed by atoms with Gasteiger partial charge in [-0.05, 0) is 37.6 Å². The minimum absolute atomic E-state index is 0.188. The first-order chi connectivity index (χ1) is 13.0. The largest absolute Gasteiger partial charge is 0.478 e. The van der Waals surface area contributed by atoms with Crippen LogP contribution in [0.4, 0.5) is 20.7 Å². The van der Waals surface area contributed by atoms with Crippen molar-refractivity contribution in [3.8, 4) is 5.88 Å². The first kappa shape index (κ1) is 18.9. The van der Waals surface area contributed by atoms with Crippen LogP contribution in [0.25, 0.3) is 0 Å². The number of hydrogen-bond acceptors (Lipinski definition) is 5. The van der Waals surface area contributed by atoms with Crippen molar-refractivity contribution < 1.29 is 13.9 Å². The fraction of sp³-hybridized carbons (Fsp3) is 0.421. The van der Waals surface area contributed by atoms with E-state index in [1.165, 1.54) is 12.1 Å². The third-order valence-corrected chi connectivity index (χ3v) is 4.24. The molecule has 2 aromatic rings. The summed E-state index contributed by atoms with van der Waals surface area (Å²) < 4.78 is 18.6. The van der Waals surface area contributed by atoms with E-state index in [0.29, 0.717) is 50.2 Å². The predicted octanol–water partition coefficient (Wildman–Crippen LogP) is 3.07. The predicted molar refractivity (Wildman–Crippen MR) is 102 cm³/mol. The zero-order chi connectivity index (χ0) is 19.2. The lowest BCUT2D eigenvalue weighted by Gasteiger charge is -2.35. The van der Waals surface area contributed by atoms with Gasteiger partial charge in [0.2, 0.25) is 5.88 Å². The van der Waals surface area contributed by atoms with Crippen LogP contribution in [0.5, 0.6) is 5.88 Å². The summed E-state index contributed by atoms with van der Waals surface area (Å²) in [6, 6.07) is 7.39. The molecule has 0 unspecified atom stereocenters. The molecular formula is C19H24FN5O2. The number of urea groups is 1. The van der Waals surface area contributed by atoms with Crippen LogP contribution in [-0.2, 0) is 0 Å². The van der Waals surface area contributed by atoms with E-state index >= 15 is 0 Å². The van der Waals surface area contributed by atoms with Gasteiger partial charge in [-0.15, -0.1) is 0 Å². The number of anilines is 2. The molecule has 27 heavy (non-hydrogen) atoms. The number of benzene rings is 1. The molecule has 1 fully saturated rings. The highest BCUT2D eigenvalue weighted by molar-refractivity contribution is 5.89. The van der Waals surface area contributed by atoms with E-state index in [0.717, 1.165) is 12.2 Å². The van der Waals surface area contributed by atoms with Crippen molar-refractivity contribution in [1.29, 1.82) is 0 Å². The van der Waals surface area contributed by atoms with Crippen molar-refractivity contribution in [2.75, 3.05) is 43.0 Å². The molecule has 0 spiro atoms. The highest BCUT2D eigenvalue weighted by Crippen LogP contribution is 2.20. The van der Waals surface area contributed by atoms with Gasteiger partial charge in [0, 0.05) is 37.9 Å². The van der Waals surface area contributed by atoms with Crippen LogP contribution in [0, 0.1) is 12.7 Å². The summed E-state index contributed by atoms with van der Waals surface area (Å²) >= 11 is 0. The Labute approximate surface area is 158 Å². The van der Waals surface area contributed by atoms with Gasteiger partial charge in [0.15, 0.2) is 0 Å². The maximum absolute atomic E-state index is 13.0. The number of carbonyl (C=O) groups excluding carboxylic acids is 1. The van der Waals surface area contributed by atoms with Gasteiger partial charge in [-0.3, -0.25) is 0 Å². The summed E-state index contributed by atoms with van der Waals surface area (Å²) in [6.45, 7) is 6.98. The van der Waals surface area contributed by atoms with E-state index in [1.807, 2.05) is 19.9 Å². The number of nitrogens with one attached hydrogen (secondary N) is 1. The minimum atomic E-state index is -0.330. The van der Waals surface area contributed by atoms with Gasteiger partial charge in [0.05, 0.1) is 6.61 Å². The van der Waals surface area contributed by atoms with Gasteiger partial charge in [-0.25, -0.2) is 14.2 Å². The second kappa shape index (κ2) is 8.66. The van der Waals surface area contributed by atoms with Crippen LogP contribution < -0.4 is 15.0 Å². The molecule has 1 aliphatic rings. The Hall–Kier alpha value is -2.90. The number of aromatic nitrogens is 2. The lowest BCUT2D eigenvalue weighted by atomic mass is 10.3. The van der Waals surface area contributed by atoms with Gasteiger partial charge in [-0.1, -0.05) is 6.92 Å². The van der Waals surface area contributed by atoms with Crippen LogP contribution in [-0.4, -0.2) is 53.7 Å². The molecular weight excluding hydrogens is 349 g/mol. The molecule has 0 bridgehead atoms. The van der Waals surface area contributed by atoms with E-state index in [9.17, 15) is 9.18 Å². The number of aryl methyl sites for hydroxylation is 1. The van der Waals surface area contributed by atoms with Gasteiger partial charge < -0.3 is 19.9 Å². The monoisotopic (exact) mass is 373 g/mol. The number of halogens is 1. The number of hydrogen-bond donors (Lipinski definition) is 1. The third-order valence-electron chi connectivity index (χ3n) is 4.24. The molecule has 1 aromatic carbocycles. The molecule has 0 radical (unpaired) electrons. The molecule has 1 aromatic heterocycles. The normalized spacial score (nSPS) is 14.2. The molecule has 7 nitrogen and oxygen atoms in total. The fourth-order valence-corrected chi connectivity index (χ4v) is 2.84. The molecule has 3 rings (SSSR count). The Morgan fingerprint density at radius 2 is 1.89 bits per heavy atom. The molecule has 8 heteroatoms. The van der Waals surface area contributed by atoms with Crippen molar-refractivity contribution in [3.05, 3.63) is 42.0 Å². The van der Waals surface area contributed by atoms with Crippen LogP contribution in [0.3, 0.4) is 0 Å². The number of rotatable bonds is 5. The molecule has 1 N–H and O–H groups in total.